The highest BCUT2D eigenvalue weighted by molar-refractivity contribution is 7.97. The molecule has 0 N–H and O–H groups in total. The van der Waals surface area contributed by atoms with Gasteiger partial charge in [-0.15, -0.1) is 0 Å². The molecule has 0 aliphatic carbocycles. The van der Waals surface area contributed by atoms with Gasteiger partial charge in [0, 0.05) is 11.6 Å². The number of halogens is 1. The third kappa shape index (κ3) is 6.78. The molecule has 0 bridgehead atoms. The van der Waals surface area contributed by atoms with E-state index in [1.54, 1.807) is 19.9 Å². The van der Waals surface area contributed by atoms with Crippen LogP contribution in [-0.4, -0.2) is 18.2 Å². The van der Waals surface area contributed by atoms with E-state index in [1.807, 2.05) is 97.1 Å². The molecule has 0 aliphatic rings. The van der Waals surface area contributed by atoms with Gasteiger partial charge in [0.05, 0.1) is 10.9 Å². The standard InChI is InChI=1S/C31H26FO3S/c1-31(2,21-20-24-12-6-3-7-13-24)35-30(33)23-34-29-19-18-27(22-28(29)32)36(25-14-8-4-9-15-25)26-16-10-5-11-17-26/h3-19,22H,23H2,1-2H3/q+1. The van der Waals surface area contributed by atoms with E-state index in [9.17, 15) is 4.79 Å². The van der Waals surface area contributed by atoms with Crippen LogP contribution in [0.1, 0.15) is 19.4 Å². The first-order chi connectivity index (χ1) is 17.4. The first-order valence-corrected chi connectivity index (χ1v) is 12.7. The third-order valence-corrected chi connectivity index (χ3v) is 7.31. The zero-order chi connectivity index (χ0) is 25.4. The summed E-state index contributed by atoms with van der Waals surface area (Å²) >= 11 is 0. The van der Waals surface area contributed by atoms with Crippen molar-refractivity contribution in [1.82, 2.24) is 0 Å². The number of esters is 1. The van der Waals surface area contributed by atoms with E-state index in [-0.39, 0.29) is 5.75 Å². The number of rotatable bonds is 7. The van der Waals surface area contributed by atoms with Crippen molar-refractivity contribution in [3.8, 4) is 17.6 Å². The second kappa shape index (κ2) is 11.6. The molecule has 0 saturated carbocycles. The van der Waals surface area contributed by atoms with Crippen molar-refractivity contribution >= 4 is 16.9 Å². The molecule has 0 unspecified atom stereocenters. The number of benzene rings is 4. The smallest absolute Gasteiger partial charge is 0.345 e. The summed E-state index contributed by atoms with van der Waals surface area (Å²) in [7, 11) is -0.480. The highest BCUT2D eigenvalue weighted by Crippen LogP contribution is 2.33. The molecule has 3 nitrogen and oxygen atoms in total. The topological polar surface area (TPSA) is 35.5 Å². The Morgan fingerprint density at radius 1 is 0.806 bits per heavy atom. The van der Waals surface area contributed by atoms with Gasteiger partial charge in [0.1, 0.15) is 0 Å². The number of hydrogen-bond acceptors (Lipinski definition) is 3. The fourth-order valence-electron chi connectivity index (χ4n) is 3.47. The molecule has 180 valence electrons. The predicted molar refractivity (Wildman–Crippen MR) is 140 cm³/mol. The molecule has 4 aromatic carbocycles. The van der Waals surface area contributed by atoms with E-state index < -0.39 is 34.9 Å². The zero-order valence-electron chi connectivity index (χ0n) is 20.1. The summed E-state index contributed by atoms with van der Waals surface area (Å²) < 4.78 is 25.9. The van der Waals surface area contributed by atoms with Crippen molar-refractivity contribution in [3.63, 3.8) is 0 Å². The highest BCUT2D eigenvalue weighted by atomic mass is 32.2. The van der Waals surface area contributed by atoms with Gasteiger partial charge in [-0.2, -0.15) is 0 Å². The van der Waals surface area contributed by atoms with Crippen LogP contribution < -0.4 is 4.74 Å². The molecule has 0 atom stereocenters. The summed E-state index contributed by atoms with van der Waals surface area (Å²) in [5.41, 5.74) is -0.191. The van der Waals surface area contributed by atoms with E-state index in [0.717, 1.165) is 20.2 Å². The molecule has 0 saturated heterocycles. The summed E-state index contributed by atoms with van der Waals surface area (Å²) in [4.78, 5) is 15.3. The molecular weight excluding hydrogens is 471 g/mol. The normalized spacial score (nSPS) is 10.9. The van der Waals surface area contributed by atoms with Gasteiger partial charge in [-0.25, -0.2) is 9.18 Å². The molecule has 0 fully saturated rings. The van der Waals surface area contributed by atoms with Crippen LogP contribution in [0.25, 0.3) is 0 Å². The van der Waals surface area contributed by atoms with Crippen molar-refractivity contribution in [2.24, 2.45) is 0 Å². The van der Waals surface area contributed by atoms with E-state index in [2.05, 4.69) is 11.8 Å². The molecule has 0 amide bonds. The molecule has 0 heterocycles. The molecule has 5 heteroatoms. The third-order valence-electron chi connectivity index (χ3n) is 5.09. The fourth-order valence-corrected chi connectivity index (χ4v) is 5.57. The Morgan fingerprint density at radius 2 is 1.36 bits per heavy atom. The largest absolute Gasteiger partial charge is 0.479 e. The number of carbonyl (C=O) groups excluding carboxylic acids is 1. The van der Waals surface area contributed by atoms with Crippen LogP contribution in [0.3, 0.4) is 0 Å². The van der Waals surface area contributed by atoms with E-state index in [1.165, 1.54) is 6.07 Å². The molecule has 36 heavy (non-hydrogen) atoms. The van der Waals surface area contributed by atoms with Crippen molar-refractivity contribution in [1.29, 1.82) is 0 Å². The second-order valence-electron chi connectivity index (χ2n) is 8.41. The van der Waals surface area contributed by atoms with Gasteiger partial charge in [-0.3, -0.25) is 0 Å². The minimum atomic E-state index is -1.02. The van der Waals surface area contributed by atoms with Crippen molar-refractivity contribution < 1.29 is 18.7 Å². The second-order valence-corrected chi connectivity index (χ2v) is 10.4. The Labute approximate surface area is 214 Å². The Morgan fingerprint density at radius 3 is 1.92 bits per heavy atom. The Balaban J connectivity index is 1.44. The van der Waals surface area contributed by atoms with Crippen molar-refractivity contribution in [2.45, 2.75) is 34.1 Å². The molecule has 0 aromatic heterocycles. The first-order valence-electron chi connectivity index (χ1n) is 11.5. The van der Waals surface area contributed by atoms with Gasteiger partial charge in [0.2, 0.25) is 0 Å². The maximum absolute atomic E-state index is 15.0. The average Bonchev–Trinajstić information content (AvgIpc) is 2.89. The van der Waals surface area contributed by atoms with Crippen molar-refractivity contribution in [3.05, 3.63) is 121 Å². The lowest BCUT2D eigenvalue weighted by Gasteiger charge is -2.19. The van der Waals surface area contributed by atoms with Gasteiger partial charge >= 0.3 is 5.97 Å². The van der Waals surface area contributed by atoms with Crippen LogP contribution in [0.15, 0.2) is 124 Å². The minimum Gasteiger partial charge on any atom is -0.479 e. The quantitative estimate of drug-likeness (QED) is 0.162. The molecular formula is C31H26FO3S+. The minimum absolute atomic E-state index is 0.00597. The number of carbonyl (C=O) groups is 1. The monoisotopic (exact) mass is 497 g/mol. The van der Waals surface area contributed by atoms with Gasteiger partial charge in [0.25, 0.3) is 0 Å². The van der Waals surface area contributed by atoms with Crippen LogP contribution in [0.2, 0.25) is 0 Å². The van der Waals surface area contributed by atoms with Gasteiger partial charge < -0.3 is 9.47 Å². The summed E-state index contributed by atoms with van der Waals surface area (Å²) in [6.45, 7) is 2.98. The van der Waals surface area contributed by atoms with E-state index >= 15 is 4.39 Å². The lowest BCUT2D eigenvalue weighted by atomic mass is 10.1. The Kier molecular flexibility index (Phi) is 8.10. The lowest BCUT2D eigenvalue weighted by molar-refractivity contribution is -0.154. The predicted octanol–water partition coefficient (Wildman–Crippen LogP) is 6.67. The summed E-state index contributed by atoms with van der Waals surface area (Å²) in [6.07, 6.45) is 0. The fraction of sp³-hybridized carbons (Fsp3) is 0.129. The maximum Gasteiger partial charge on any atom is 0.345 e. The van der Waals surface area contributed by atoms with E-state index in [4.69, 9.17) is 9.47 Å². The zero-order valence-corrected chi connectivity index (χ0v) is 20.9. The van der Waals surface area contributed by atoms with E-state index in [0.29, 0.717) is 0 Å². The van der Waals surface area contributed by atoms with Crippen LogP contribution in [0.5, 0.6) is 5.75 Å². The Hall–Kier alpha value is -4.01. The average molecular weight is 498 g/mol. The summed E-state index contributed by atoms with van der Waals surface area (Å²) in [5, 5.41) is 0. The first kappa shape index (κ1) is 25.1. The SMILES string of the molecule is CC(C)(C#Cc1ccccc1)OC(=O)COc1ccc([S+](c2ccccc2)c2ccccc2)cc1F. The van der Waals surface area contributed by atoms with Gasteiger partial charge in [-0.1, -0.05) is 66.4 Å². The van der Waals surface area contributed by atoms with Gasteiger partial charge in [-0.05, 0) is 62.4 Å². The molecule has 0 spiro atoms. The maximum atomic E-state index is 15.0. The summed E-state index contributed by atoms with van der Waals surface area (Å²) in [6, 6.07) is 34.3. The molecule has 4 rings (SSSR count). The molecule has 0 aliphatic heterocycles. The van der Waals surface area contributed by atoms with Crippen LogP contribution in [0.4, 0.5) is 4.39 Å². The lowest BCUT2D eigenvalue weighted by Crippen LogP contribution is -2.29. The Bertz CT molecular complexity index is 1320. The summed E-state index contributed by atoms with van der Waals surface area (Å²) in [5.74, 6) is 4.77. The van der Waals surface area contributed by atoms with Crippen LogP contribution in [0, 0.1) is 17.7 Å². The molecule has 0 radical (unpaired) electrons. The van der Waals surface area contributed by atoms with Crippen LogP contribution >= 0.6 is 0 Å². The highest BCUT2D eigenvalue weighted by Gasteiger charge is 2.29. The number of ether oxygens (including phenoxy) is 2. The number of hydrogen-bond donors (Lipinski definition) is 0. The van der Waals surface area contributed by atoms with Crippen molar-refractivity contribution in [2.75, 3.05) is 6.61 Å². The molecule has 4 aromatic rings. The van der Waals surface area contributed by atoms with Crippen LogP contribution in [-0.2, 0) is 20.4 Å². The van der Waals surface area contributed by atoms with Gasteiger partial charge in [0.15, 0.2) is 38.5 Å².